The van der Waals surface area contributed by atoms with Gasteiger partial charge < -0.3 is 10.8 Å². The van der Waals surface area contributed by atoms with Crippen molar-refractivity contribution in [3.8, 4) is 0 Å². The van der Waals surface area contributed by atoms with Crippen molar-refractivity contribution in [3.63, 3.8) is 0 Å². The predicted molar refractivity (Wildman–Crippen MR) is 72.9 cm³/mol. The number of benzene rings is 1. The maximum absolute atomic E-state index is 10.4. The van der Waals surface area contributed by atoms with Crippen molar-refractivity contribution in [3.05, 3.63) is 35.9 Å². The summed E-state index contributed by atoms with van der Waals surface area (Å²) in [5.74, 6) is 0.216. The highest BCUT2D eigenvalue weighted by atomic mass is 16.3. The van der Waals surface area contributed by atoms with Gasteiger partial charge in [0.2, 0.25) is 0 Å². The van der Waals surface area contributed by atoms with Crippen LogP contribution in [0, 0.1) is 5.92 Å². The molecule has 0 aliphatic rings. The second-order valence-corrected chi connectivity index (χ2v) is 6.15. The third-order valence-corrected chi connectivity index (χ3v) is 3.59. The molecule has 1 aromatic carbocycles. The van der Waals surface area contributed by atoms with Crippen molar-refractivity contribution >= 4 is 0 Å². The van der Waals surface area contributed by atoms with Crippen LogP contribution in [-0.4, -0.2) is 16.2 Å². The average molecular weight is 235 g/mol. The van der Waals surface area contributed by atoms with E-state index in [0.717, 1.165) is 5.56 Å². The molecule has 17 heavy (non-hydrogen) atoms. The van der Waals surface area contributed by atoms with Gasteiger partial charge in [-0.15, -0.1) is 0 Å². The first-order chi connectivity index (χ1) is 7.64. The molecule has 2 nitrogen and oxygen atoms in total. The molecule has 0 saturated carbocycles. The van der Waals surface area contributed by atoms with Crippen LogP contribution in [0.3, 0.4) is 0 Å². The van der Waals surface area contributed by atoms with Crippen LogP contribution in [0.5, 0.6) is 0 Å². The van der Waals surface area contributed by atoms with E-state index in [1.807, 2.05) is 45.9 Å². The van der Waals surface area contributed by atoms with Crippen LogP contribution in [0.15, 0.2) is 30.3 Å². The molecule has 0 heterocycles. The Morgan fingerprint density at radius 2 is 1.53 bits per heavy atom. The SMILES string of the molecule is C[C@@H]([C@@H](c1ccccc1)C(C)(C)O)C(C)(C)N. The molecule has 96 valence electrons. The van der Waals surface area contributed by atoms with Gasteiger partial charge in [-0.25, -0.2) is 0 Å². The zero-order valence-corrected chi connectivity index (χ0v) is 11.6. The first-order valence-corrected chi connectivity index (χ1v) is 6.20. The quantitative estimate of drug-likeness (QED) is 0.843. The average Bonchev–Trinajstić information content (AvgIpc) is 2.15. The Labute approximate surface area is 105 Å². The molecule has 3 N–H and O–H groups in total. The highest BCUT2D eigenvalue weighted by molar-refractivity contribution is 5.24. The summed E-state index contributed by atoms with van der Waals surface area (Å²) in [6.07, 6.45) is 0. The summed E-state index contributed by atoms with van der Waals surface area (Å²) in [5.41, 5.74) is 6.25. The van der Waals surface area contributed by atoms with Gasteiger partial charge in [0.25, 0.3) is 0 Å². The van der Waals surface area contributed by atoms with Crippen LogP contribution in [0.1, 0.15) is 46.1 Å². The zero-order chi connectivity index (χ0) is 13.3. The van der Waals surface area contributed by atoms with Gasteiger partial charge in [0, 0.05) is 11.5 Å². The Morgan fingerprint density at radius 1 is 1.06 bits per heavy atom. The fourth-order valence-electron chi connectivity index (χ4n) is 2.40. The summed E-state index contributed by atoms with van der Waals surface area (Å²) in [6, 6.07) is 10.1. The van der Waals surface area contributed by atoms with Gasteiger partial charge in [0.15, 0.2) is 0 Å². The van der Waals surface area contributed by atoms with Crippen molar-refractivity contribution in [2.75, 3.05) is 0 Å². The second kappa shape index (κ2) is 4.79. The number of hydrogen-bond acceptors (Lipinski definition) is 2. The normalized spacial score (nSPS) is 16.6. The molecule has 0 aliphatic carbocycles. The first kappa shape index (κ1) is 14.2. The summed E-state index contributed by atoms with van der Waals surface area (Å²) < 4.78 is 0. The highest BCUT2D eigenvalue weighted by Gasteiger charge is 2.38. The lowest BCUT2D eigenvalue weighted by Gasteiger charge is -2.41. The molecule has 0 amide bonds. The second-order valence-electron chi connectivity index (χ2n) is 6.15. The Hall–Kier alpha value is -0.860. The standard InChI is InChI=1S/C15H25NO/c1-11(14(2,3)16)13(15(4,5)17)12-9-7-6-8-10-12/h6-11,13,17H,16H2,1-5H3/t11-,13-/m0/s1. The Balaban J connectivity index is 3.15. The van der Waals surface area contributed by atoms with E-state index in [-0.39, 0.29) is 17.4 Å². The van der Waals surface area contributed by atoms with Gasteiger partial charge in [-0.3, -0.25) is 0 Å². The smallest absolute Gasteiger partial charge is 0.0663 e. The Morgan fingerprint density at radius 3 is 1.88 bits per heavy atom. The van der Waals surface area contributed by atoms with E-state index in [9.17, 15) is 5.11 Å². The maximum atomic E-state index is 10.4. The number of nitrogens with two attached hydrogens (primary N) is 1. The Bertz CT molecular complexity index is 345. The molecule has 1 rings (SSSR count). The monoisotopic (exact) mass is 235 g/mol. The van der Waals surface area contributed by atoms with Crippen LogP contribution in [-0.2, 0) is 0 Å². The number of rotatable bonds is 4. The fraction of sp³-hybridized carbons (Fsp3) is 0.600. The summed E-state index contributed by atoms with van der Waals surface area (Å²) in [6.45, 7) is 9.84. The van der Waals surface area contributed by atoms with Crippen molar-refractivity contribution in [2.45, 2.75) is 51.7 Å². The van der Waals surface area contributed by atoms with Gasteiger partial charge in [0.05, 0.1) is 5.60 Å². The van der Waals surface area contributed by atoms with Crippen molar-refractivity contribution in [2.24, 2.45) is 11.7 Å². The van der Waals surface area contributed by atoms with Crippen LogP contribution < -0.4 is 5.73 Å². The van der Waals surface area contributed by atoms with Gasteiger partial charge in [-0.05, 0) is 39.2 Å². The van der Waals surface area contributed by atoms with E-state index in [0.29, 0.717) is 0 Å². The van der Waals surface area contributed by atoms with E-state index in [1.165, 1.54) is 0 Å². The molecule has 1 aromatic rings. The minimum Gasteiger partial charge on any atom is -0.390 e. The molecule has 0 aliphatic heterocycles. The maximum Gasteiger partial charge on any atom is 0.0663 e. The van der Waals surface area contributed by atoms with Crippen LogP contribution in [0.2, 0.25) is 0 Å². The molecule has 2 atom stereocenters. The molecule has 0 fully saturated rings. The van der Waals surface area contributed by atoms with Crippen molar-refractivity contribution in [1.82, 2.24) is 0 Å². The van der Waals surface area contributed by atoms with Crippen LogP contribution >= 0.6 is 0 Å². The molecule has 0 radical (unpaired) electrons. The van der Waals surface area contributed by atoms with E-state index in [2.05, 4.69) is 19.1 Å². The fourth-order valence-corrected chi connectivity index (χ4v) is 2.40. The summed E-state index contributed by atoms with van der Waals surface area (Å²) >= 11 is 0. The van der Waals surface area contributed by atoms with Crippen LogP contribution in [0.4, 0.5) is 0 Å². The lowest BCUT2D eigenvalue weighted by atomic mass is 9.69. The molecule has 0 spiro atoms. The van der Waals surface area contributed by atoms with Gasteiger partial charge in [-0.1, -0.05) is 37.3 Å². The molecular formula is C15H25NO. The largest absolute Gasteiger partial charge is 0.390 e. The highest BCUT2D eigenvalue weighted by Crippen LogP contribution is 2.38. The number of aliphatic hydroxyl groups is 1. The van der Waals surface area contributed by atoms with E-state index in [4.69, 9.17) is 5.73 Å². The first-order valence-electron chi connectivity index (χ1n) is 6.20. The lowest BCUT2D eigenvalue weighted by molar-refractivity contribution is 0.0176. The van der Waals surface area contributed by atoms with Crippen molar-refractivity contribution < 1.29 is 5.11 Å². The van der Waals surface area contributed by atoms with E-state index in [1.54, 1.807) is 0 Å². The minimum atomic E-state index is -0.780. The predicted octanol–water partition coefficient (Wildman–Crippen LogP) is 2.91. The van der Waals surface area contributed by atoms with Gasteiger partial charge >= 0.3 is 0 Å². The molecule has 0 unspecified atom stereocenters. The summed E-state index contributed by atoms with van der Waals surface area (Å²) in [5, 5.41) is 10.4. The molecule has 2 heteroatoms. The summed E-state index contributed by atoms with van der Waals surface area (Å²) in [4.78, 5) is 0. The molecule has 0 saturated heterocycles. The third kappa shape index (κ3) is 3.55. The zero-order valence-electron chi connectivity index (χ0n) is 11.6. The van der Waals surface area contributed by atoms with Gasteiger partial charge in [-0.2, -0.15) is 0 Å². The Kier molecular flexibility index (Phi) is 4.00. The molecular weight excluding hydrogens is 210 g/mol. The third-order valence-electron chi connectivity index (χ3n) is 3.59. The molecule has 0 bridgehead atoms. The van der Waals surface area contributed by atoms with E-state index < -0.39 is 5.60 Å². The molecule has 0 aromatic heterocycles. The van der Waals surface area contributed by atoms with Gasteiger partial charge in [0.1, 0.15) is 0 Å². The topological polar surface area (TPSA) is 46.2 Å². The van der Waals surface area contributed by atoms with E-state index >= 15 is 0 Å². The lowest BCUT2D eigenvalue weighted by Crippen LogP contribution is -2.47. The summed E-state index contributed by atoms with van der Waals surface area (Å²) in [7, 11) is 0. The minimum absolute atomic E-state index is 0.0312. The van der Waals surface area contributed by atoms with Crippen molar-refractivity contribution in [1.29, 1.82) is 0 Å². The number of hydrogen-bond donors (Lipinski definition) is 2. The van der Waals surface area contributed by atoms with Crippen LogP contribution in [0.25, 0.3) is 0 Å².